The van der Waals surface area contributed by atoms with Gasteiger partial charge in [0, 0.05) is 11.1 Å². The van der Waals surface area contributed by atoms with E-state index in [0.29, 0.717) is 5.82 Å². The SMILES string of the molecule is Cc1cccnc1-c1nc(=O)c2c3c(sc2[nH]1)CCCC3. The standard InChI is InChI=1S/C16H15N3OS/c1-9-5-4-8-17-13(9)14-18-15(20)12-10-6-2-3-7-11(10)21-16(12)19-14/h4-5,8H,2-3,6-7H2,1H3,(H,18,19,20). The Kier molecular flexibility index (Phi) is 2.89. The molecule has 3 aromatic rings. The van der Waals surface area contributed by atoms with Crippen LogP contribution < -0.4 is 5.56 Å². The van der Waals surface area contributed by atoms with E-state index in [2.05, 4.69) is 15.0 Å². The van der Waals surface area contributed by atoms with E-state index >= 15 is 0 Å². The van der Waals surface area contributed by atoms with E-state index in [-0.39, 0.29) is 5.56 Å². The molecule has 0 aliphatic heterocycles. The Labute approximate surface area is 125 Å². The Hall–Kier alpha value is -2.01. The van der Waals surface area contributed by atoms with Crippen molar-refractivity contribution >= 4 is 21.6 Å². The van der Waals surface area contributed by atoms with Crippen LogP contribution in [0.4, 0.5) is 0 Å². The van der Waals surface area contributed by atoms with Gasteiger partial charge < -0.3 is 4.98 Å². The van der Waals surface area contributed by atoms with E-state index < -0.39 is 0 Å². The molecule has 0 spiro atoms. The molecule has 5 heteroatoms. The summed E-state index contributed by atoms with van der Waals surface area (Å²) in [4.78, 5) is 26.7. The number of thiophene rings is 1. The third kappa shape index (κ3) is 2.00. The molecule has 3 aromatic heterocycles. The van der Waals surface area contributed by atoms with Crippen LogP contribution in [0.3, 0.4) is 0 Å². The van der Waals surface area contributed by atoms with E-state index in [4.69, 9.17) is 0 Å². The van der Waals surface area contributed by atoms with Gasteiger partial charge in [-0.2, -0.15) is 4.98 Å². The summed E-state index contributed by atoms with van der Waals surface area (Å²) in [7, 11) is 0. The molecule has 4 rings (SSSR count). The highest BCUT2D eigenvalue weighted by molar-refractivity contribution is 7.18. The average Bonchev–Trinajstić information content (AvgIpc) is 2.86. The van der Waals surface area contributed by atoms with E-state index in [9.17, 15) is 4.79 Å². The van der Waals surface area contributed by atoms with Crippen LogP contribution in [0.15, 0.2) is 23.1 Å². The molecule has 0 bridgehead atoms. The number of rotatable bonds is 1. The molecule has 0 amide bonds. The monoisotopic (exact) mass is 297 g/mol. The number of pyridine rings is 1. The van der Waals surface area contributed by atoms with Gasteiger partial charge in [-0.05, 0) is 49.8 Å². The lowest BCUT2D eigenvalue weighted by molar-refractivity contribution is 0.700. The molecule has 0 saturated heterocycles. The predicted octanol–water partition coefficient (Wildman–Crippen LogP) is 3.23. The number of nitrogens with one attached hydrogen (secondary N) is 1. The number of aromatic nitrogens is 3. The molecule has 4 nitrogen and oxygen atoms in total. The third-order valence-corrected chi connectivity index (χ3v) is 5.27. The zero-order valence-corrected chi connectivity index (χ0v) is 12.6. The average molecular weight is 297 g/mol. The topological polar surface area (TPSA) is 58.6 Å². The van der Waals surface area contributed by atoms with Gasteiger partial charge in [-0.3, -0.25) is 9.78 Å². The van der Waals surface area contributed by atoms with Crippen molar-refractivity contribution in [2.45, 2.75) is 32.6 Å². The normalized spacial score (nSPS) is 14.3. The minimum Gasteiger partial charge on any atom is -0.329 e. The summed E-state index contributed by atoms with van der Waals surface area (Å²) in [5.74, 6) is 0.573. The highest BCUT2D eigenvalue weighted by Crippen LogP contribution is 2.34. The fraction of sp³-hybridized carbons (Fsp3) is 0.312. The summed E-state index contributed by atoms with van der Waals surface area (Å²) in [5.41, 5.74) is 2.87. The molecule has 0 aromatic carbocycles. The van der Waals surface area contributed by atoms with Crippen LogP contribution >= 0.6 is 11.3 Å². The number of hydrogen-bond acceptors (Lipinski definition) is 4. The summed E-state index contributed by atoms with van der Waals surface area (Å²) < 4.78 is 0. The smallest absolute Gasteiger partial charge is 0.282 e. The third-order valence-electron chi connectivity index (χ3n) is 4.06. The minimum atomic E-state index is -0.122. The van der Waals surface area contributed by atoms with Gasteiger partial charge in [0.1, 0.15) is 10.5 Å². The van der Waals surface area contributed by atoms with Crippen LogP contribution in [0, 0.1) is 6.92 Å². The highest BCUT2D eigenvalue weighted by Gasteiger charge is 2.20. The zero-order chi connectivity index (χ0) is 14.4. The number of fused-ring (bicyclic) bond motifs is 3. The van der Waals surface area contributed by atoms with Crippen molar-refractivity contribution in [1.82, 2.24) is 15.0 Å². The summed E-state index contributed by atoms with van der Waals surface area (Å²) >= 11 is 1.71. The number of aryl methyl sites for hydroxylation is 3. The number of nitrogens with zero attached hydrogens (tertiary/aromatic N) is 2. The fourth-order valence-electron chi connectivity index (χ4n) is 3.02. The van der Waals surface area contributed by atoms with Crippen molar-refractivity contribution in [1.29, 1.82) is 0 Å². The Morgan fingerprint density at radius 3 is 3.00 bits per heavy atom. The van der Waals surface area contributed by atoms with Crippen molar-refractivity contribution in [3.05, 3.63) is 44.7 Å². The number of H-pyrrole nitrogens is 1. The first-order valence-electron chi connectivity index (χ1n) is 7.20. The van der Waals surface area contributed by atoms with Crippen molar-refractivity contribution < 1.29 is 0 Å². The molecule has 3 heterocycles. The second-order valence-electron chi connectivity index (χ2n) is 5.47. The summed E-state index contributed by atoms with van der Waals surface area (Å²) in [5, 5.41) is 0.798. The predicted molar refractivity (Wildman–Crippen MR) is 84.9 cm³/mol. The van der Waals surface area contributed by atoms with Crippen molar-refractivity contribution in [3.8, 4) is 11.5 Å². The molecular weight excluding hydrogens is 282 g/mol. The van der Waals surface area contributed by atoms with E-state index in [0.717, 1.165) is 34.3 Å². The number of aromatic amines is 1. The van der Waals surface area contributed by atoms with Crippen LogP contribution in [-0.2, 0) is 12.8 Å². The van der Waals surface area contributed by atoms with E-state index in [1.54, 1.807) is 17.5 Å². The quantitative estimate of drug-likeness (QED) is 0.750. The molecule has 0 fully saturated rings. The van der Waals surface area contributed by atoms with Crippen LogP contribution in [0.2, 0.25) is 0 Å². The molecule has 106 valence electrons. The second kappa shape index (κ2) is 4.77. The second-order valence-corrected chi connectivity index (χ2v) is 6.58. The maximum absolute atomic E-state index is 12.5. The molecule has 0 saturated carbocycles. The Morgan fingerprint density at radius 2 is 2.14 bits per heavy atom. The molecule has 1 aliphatic carbocycles. The van der Waals surface area contributed by atoms with Gasteiger partial charge in [0.25, 0.3) is 5.56 Å². The first kappa shape index (κ1) is 12.7. The first-order chi connectivity index (χ1) is 10.2. The maximum atomic E-state index is 12.5. The molecular formula is C16H15N3OS. The Bertz CT molecular complexity index is 894. The van der Waals surface area contributed by atoms with Crippen LogP contribution in [0.5, 0.6) is 0 Å². The van der Waals surface area contributed by atoms with E-state index in [1.165, 1.54) is 23.3 Å². The van der Waals surface area contributed by atoms with Gasteiger partial charge in [0.05, 0.1) is 5.39 Å². The van der Waals surface area contributed by atoms with Crippen molar-refractivity contribution in [2.75, 3.05) is 0 Å². The molecule has 0 unspecified atom stereocenters. The lowest BCUT2D eigenvalue weighted by Gasteiger charge is -2.09. The summed E-state index contributed by atoms with van der Waals surface area (Å²) in [6.07, 6.45) is 6.20. The maximum Gasteiger partial charge on any atom is 0.282 e. The van der Waals surface area contributed by atoms with Crippen molar-refractivity contribution in [2.24, 2.45) is 0 Å². The van der Waals surface area contributed by atoms with Gasteiger partial charge in [-0.25, -0.2) is 0 Å². The Balaban J connectivity index is 1.98. The first-order valence-corrected chi connectivity index (χ1v) is 8.02. The van der Waals surface area contributed by atoms with Crippen LogP contribution in [0.25, 0.3) is 21.7 Å². The molecule has 0 atom stereocenters. The lowest BCUT2D eigenvalue weighted by Crippen LogP contribution is -2.11. The van der Waals surface area contributed by atoms with Gasteiger partial charge in [-0.1, -0.05) is 6.07 Å². The summed E-state index contributed by atoms with van der Waals surface area (Å²) in [6.45, 7) is 1.98. The molecule has 0 radical (unpaired) electrons. The zero-order valence-electron chi connectivity index (χ0n) is 11.8. The minimum absolute atomic E-state index is 0.122. The highest BCUT2D eigenvalue weighted by atomic mass is 32.1. The largest absolute Gasteiger partial charge is 0.329 e. The van der Waals surface area contributed by atoms with Gasteiger partial charge in [-0.15, -0.1) is 11.3 Å². The molecule has 1 aliphatic rings. The number of hydrogen-bond donors (Lipinski definition) is 1. The van der Waals surface area contributed by atoms with E-state index in [1.807, 2.05) is 19.1 Å². The van der Waals surface area contributed by atoms with Gasteiger partial charge in [0.15, 0.2) is 5.82 Å². The lowest BCUT2D eigenvalue weighted by atomic mass is 9.97. The Morgan fingerprint density at radius 1 is 1.29 bits per heavy atom. The van der Waals surface area contributed by atoms with Crippen LogP contribution in [0.1, 0.15) is 28.8 Å². The van der Waals surface area contributed by atoms with Crippen LogP contribution in [-0.4, -0.2) is 15.0 Å². The van der Waals surface area contributed by atoms with Gasteiger partial charge in [0.2, 0.25) is 0 Å². The fourth-order valence-corrected chi connectivity index (χ4v) is 4.30. The molecule has 1 N–H and O–H groups in total. The van der Waals surface area contributed by atoms with Gasteiger partial charge >= 0.3 is 0 Å². The summed E-state index contributed by atoms with van der Waals surface area (Å²) in [6, 6.07) is 3.87. The van der Waals surface area contributed by atoms with Crippen molar-refractivity contribution in [3.63, 3.8) is 0 Å². The molecule has 21 heavy (non-hydrogen) atoms.